The lowest BCUT2D eigenvalue weighted by atomic mass is 9.97. The Morgan fingerprint density at radius 3 is 2.24 bits per heavy atom. The summed E-state index contributed by atoms with van der Waals surface area (Å²) in [5.74, 6) is 0.177. The molecule has 196 valence electrons. The lowest BCUT2D eigenvalue weighted by molar-refractivity contribution is -0.140. The second-order valence-corrected chi connectivity index (χ2v) is 8.89. The molecule has 1 aromatic carbocycles. The molecule has 3 aromatic rings. The normalized spacial score (nSPS) is 12.2. The van der Waals surface area contributed by atoms with Crippen LogP contribution in [0.3, 0.4) is 0 Å². The largest absolute Gasteiger partial charge is 0.469 e. The van der Waals surface area contributed by atoms with Gasteiger partial charge < -0.3 is 15.4 Å². The molecule has 37 heavy (non-hydrogen) atoms. The van der Waals surface area contributed by atoms with Crippen molar-refractivity contribution in [1.82, 2.24) is 15.3 Å². The fourth-order valence-electron chi connectivity index (χ4n) is 3.64. The molecule has 0 bridgehead atoms. The summed E-state index contributed by atoms with van der Waals surface area (Å²) in [7, 11) is 1.29. The Morgan fingerprint density at radius 2 is 1.70 bits per heavy atom. The van der Waals surface area contributed by atoms with E-state index in [1.807, 2.05) is 6.07 Å². The number of nitrogens with zero attached hydrogens (tertiary/aromatic N) is 2. The number of hydrogen-bond acceptors (Lipinski definition) is 6. The summed E-state index contributed by atoms with van der Waals surface area (Å²) in [6.45, 7) is 4.35. The highest BCUT2D eigenvalue weighted by Crippen LogP contribution is 2.31. The van der Waals surface area contributed by atoms with Crippen molar-refractivity contribution in [3.63, 3.8) is 0 Å². The lowest BCUT2D eigenvalue weighted by Crippen LogP contribution is -2.26. The third-order valence-corrected chi connectivity index (χ3v) is 5.59. The summed E-state index contributed by atoms with van der Waals surface area (Å²) in [6, 6.07) is 11.8. The monoisotopic (exact) mass is 514 g/mol. The third kappa shape index (κ3) is 8.03. The van der Waals surface area contributed by atoms with Crippen molar-refractivity contribution in [3.8, 4) is 11.3 Å². The number of aromatic nitrogens is 2. The SMILES string of the molecule is COC(=O)CCNC(=O)c1ccc(N[C@H](CC(C)C)c2ccc(-c3ccc(C(F)(F)F)cc3)nc2)nc1. The lowest BCUT2D eigenvalue weighted by Gasteiger charge is -2.22. The first-order valence-electron chi connectivity index (χ1n) is 11.8. The highest BCUT2D eigenvalue weighted by molar-refractivity contribution is 5.94. The van der Waals surface area contributed by atoms with Crippen molar-refractivity contribution in [2.24, 2.45) is 5.92 Å². The Morgan fingerprint density at radius 1 is 0.973 bits per heavy atom. The molecular weight excluding hydrogens is 485 g/mol. The molecule has 1 atom stereocenters. The van der Waals surface area contributed by atoms with Crippen LogP contribution < -0.4 is 10.6 Å². The highest BCUT2D eigenvalue weighted by atomic mass is 19.4. The van der Waals surface area contributed by atoms with E-state index in [2.05, 4.69) is 39.2 Å². The molecule has 2 aromatic heterocycles. The number of carbonyl (C=O) groups excluding carboxylic acids is 2. The molecule has 3 rings (SSSR count). The van der Waals surface area contributed by atoms with Gasteiger partial charge in [0.15, 0.2) is 0 Å². The van der Waals surface area contributed by atoms with E-state index in [0.29, 0.717) is 28.6 Å². The molecule has 7 nitrogen and oxygen atoms in total. The number of alkyl halides is 3. The minimum atomic E-state index is -4.38. The van der Waals surface area contributed by atoms with Crippen molar-refractivity contribution < 1.29 is 27.5 Å². The van der Waals surface area contributed by atoms with Crippen LogP contribution in [0.1, 0.15) is 54.2 Å². The van der Waals surface area contributed by atoms with E-state index in [0.717, 1.165) is 24.1 Å². The van der Waals surface area contributed by atoms with Gasteiger partial charge in [0.05, 0.1) is 36.4 Å². The molecule has 0 saturated heterocycles. The molecule has 0 aliphatic rings. The van der Waals surface area contributed by atoms with Gasteiger partial charge in [-0.2, -0.15) is 13.2 Å². The fourth-order valence-corrected chi connectivity index (χ4v) is 3.64. The molecule has 0 radical (unpaired) electrons. The summed E-state index contributed by atoms with van der Waals surface area (Å²) < 4.78 is 43.0. The number of anilines is 1. The Bertz CT molecular complexity index is 1180. The van der Waals surface area contributed by atoms with E-state index >= 15 is 0 Å². The van der Waals surface area contributed by atoms with Crippen molar-refractivity contribution in [2.45, 2.75) is 38.9 Å². The summed E-state index contributed by atoms with van der Waals surface area (Å²) >= 11 is 0. The smallest absolute Gasteiger partial charge is 0.416 e. The maximum absolute atomic E-state index is 12.8. The van der Waals surface area contributed by atoms with Gasteiger partial charge in [-0.3, -0.25) is 14.6 Å². The number of halogens is 3. The van der Waals surface area contributed by atoms with Gasteiger partial charge in [-0.25, -0.2) is 4.98 Å². The Kier molecular flexibility index (Phi) is 9.21. The minimum Gasteiger partial charge on any atom is -0.469 e. The zero-order valence-corrected chi connectivity index (χ0v) is 20.8. The molecule has 0 aliphatic carbocycles. The van der Waals surface area contributed by atoms with Gasteiger partial charge in [0.25, 0.3) is 5.91 Å². The van der Waals surface area contributed by atoms with Gasteiger partial charge in [-0.15, -0.1) is 0 Å². The quantitative estimate of drug-likeness (QED) is 0.340. The number of amides is 1. The van der Waals surface area contributed by atoms with E-state index in [-0.39, 0.29) is 24.9 Å². The molecule has 2 heterocycles. The van der Waals surface area contributed by atoms with Crippen molar-refractivity contribution in [1.29, 1.82) is 0 Å². The van der Waals surface area contributed by atoms with Gasteiger partial charge in [-0.1, -0.05) is 32.0 Å². The molecule has 10 heteroatoms. The van der Waals surface area contributed by atoms with Crippen molar-refractivity contribution in [3.05, 3.63) is 77.6 Å². The van der Waals surface area contributed by atoms with Gasteiger partial charge >= 0.3 is 12.1 Å². The van der Waals surface area contributed by atoms with E-state index in [1.165, 1.54) is 25.4 Å². The zero-order chi connectivity index (χ0) is 27.0. The van der Waals surface area contributed by atoms with Crippen LogP contribution in [-0.4, -0.2) is 35.5 Å². The number of esters is 1. The molecule has 0 spiro atoms. The second-order valence-electron chi connectivity index (χ2n) is 8.89. The predicted octanol–water partition coefficient (Wildman–Crippen LogP) is 5.65. The van der Waals surface area contributed by atoms with Crippen LogP contribution in [0.4, 0.5) is 19.0 Å². The van der Waals surface area contributed by atoms with Gasteiger partial charge in [0.1, 0.15) is 5.82 Å². The van der Waals surface area contributed by atoms with Crippen LogP contribution in [0.15, 0.2) is 60.9 Å². The van der Waals surface area contributed by atoms with E-state index < -0.39 is 17.7 Å². The van der Waals surface area contributed by atoms with E-state index in [1.54, 1.807) is 24.4 Å². The summed E-state index contributed by atoms with van der Waals surface area (Å²) in [6.07, 6.45) is -0.368. The second kappa shape index (κ2) is 12.3. The summed E-state index contributed by atoms with van der Waals surface area (Å²) in [5, 5.41) is 6.01. The van der Waals surface area contributed by atoms with Gasteiger partial charge in [-0.05, 0) is 48.2 Å². The maximum Gasteiger partial charge on any atom is 0.416 e. The Balaban J connectivity index is 1.68. The molecule has 0 aliphatic heterocycles. The number of rotatable bonds is 10. The first kappa shape index (κ1) is 27.6. The molecular formula is C27H29F3N4O3. The minimum absolute atomic E-state index is 0.0812. The first-order chi connectivity index (χ1) is 17.6. The van der Waals surface area contributed by atoms with Crippen LogP contribution in [-0.2, 0) is 15.7 Å². The number of carbonyl (C=O) groups is 2. The summed E-state index contributed by atoms with van der Waals surface area (Å²) in [5.41, 5.74) is 1.72. The number of pyridine rings is 2. The average molecular weight is 515 g/mol. The highest BCUT2D eigenvalue weighted by Gasteiger charge is 2.30. The topological polar surface area (TPSA) is 93.2 Å². The van der Waals surface area contributed by atoms with Crippen molar-refractivity contribution in [2.75, 3.05) is 19.0 Å². The average Bonchev–Trinajstić information content (AvgIpc) is 2.88. The summed E-state index contributed by atoms with van der Waals surface area (Å²) in [4.78, 5) is 32.2. The number of hydrogen-bond donors (Lipinski definition) is 2. The van der Waals surface area contributed by atoms with E-state index in [9.17, 15) is 22.8 Å². The van der Waals surface area contributed by atoms with Crippen molar-refractivity contribution >= 4 is 17.7 Å². The number of methoxy groups -OCH3 is 1. The van der Waals surface area contributed by atoms with Gasteiger partial charge in [0, 0.05) is 24.5 Å². The van der Waals surface area contributed by atoms with Crippen LogP contribution in [0.25, 0.3) is 11.3 Å². The van der Waals surface area contributed by atoms with Crippen LogP contribution in [0.2, 0.25) is 0 Å². The number of nitrogens with one attached hydrogen (secondary N) is 2. The first-order valence-corrected chi connectivity index (χ1v) is 11.8. The maximum atomic E-state index is 12.8. The predicted molar refractivity (Wildman–Crippen MR) is 134 cm³/mol. The number of ether oxygens (including phenoxy) is 1. The fraction of sp³-hybridized carbons (Fsp3) is 0.333. The zero-order valence-electron chi connectivity index (χ0n) is 20.8. The van der Waals surface area contributed by atoms with Crippen LogP contribution >= 0.6 is 0 Å². The number of benzene rings is 1. The standard InChI is InChI=1S/C27H29F3N4O3/c1-17(2)14-23(34-24-11-7-20(16-33-24)26(36)31-13-12-25(35)37-3)19-6-10-22(32-15-19)18-4-8-21(9-5-18)27(28,29)30/h4-11,15-17,23H,12-14H2,1-3H3,(H,31,36)(H,33,34)/t23-/m1/s1. The molecule has 0 unspecified atom stereocenters. The Hall–Kier alpha value is -3.95. The molecule has 1 amide bonds. The van der Waals surface area contributed by atoms with Crippen LogP contribution in [0.5, 0.6) is 0 Å². The van der Waals surface area contributed by atoms with Gasteiger partial charge in [0.2, 0.25) is 0 Å². The molecule has 2 N–H and O–H groups in total. The van der Waals surface area contributed by atoms with Crippen LogP contribution in [0, 0.1) is 5.92 Å². The molecule has 0 fully saturated rings. The third-order valence-electron chi connectivity index (χ3n) is 5.59. The molecule has 0 saturated carbocycles. The van der Waals surface area contributed by atoms with E-state index in [4.69, 9.17) is 0 Å². The Labute approximate surface area is 213 Å².